The van der Waals surface area contributed by atoms with Crippen LogP contribution in [0.3, 0.4) is 0 Å². The Labute approximate surface area is 207 Å². The van der Waals surface area contributed by atoms with Gasteiger partial charge in [-0.15, -0.1) is 0 Å². The van der Waals surface area contributed by atoms with Gasteiger partial charge in [0.25, 0.3) is 11.8 Å². The van der Waals surface area contributed by atoms with Crippen LogP contribution in [-0.4, -0.2) is 56.0 Å². The number of hydrazine groups is 1. The molecular weight excluding hydrogens is 466 g/mol. The van der Waals surface area contributed by atoms with Crippen molar-refractivity contribution >= 4 is 40.1 Å². The van der Waals surface area contributed by atoms with E-state index in [4.69, 9.17) is 14.2 Å². The summed E-state index contributed by atoms with van der Waals surface area (Å²) >= 11 is 0. The van der Waals surface area contributed by atoms with Crippen LogP contribution >= 0.6 is 0 Å². The molecule has 0 aromatic heterocycles. The van der Waals surface area contributed by atoms with Gasteiger partial charge in [-0.05, 0) is 23.6 Å². The predicted octanol–water partition coefficient (Wildman–Crippen LogP) is 2.69. The molecule has 36 heavy (non-hydrogen) atoms. The largest absolute Gasteiger partial charge is 0.493 e. The van der Waals surface area contributed by atoms with Crippen molar-refractivity contribution < 1.29 is 33.4 Å². The molecule has 186 valence electrons. The Kier molecular flexibility index (Phi) is 6.77. The first kappa shape index (κ1) is 24.5. The lowest BCUT2D eigenvalue weighted by atomic mass is 10.1. The van der Waals surface area contributed by atoms with E-state index >= 15 is 0 Å². The molecular formula is C26H25N3O7. The van der Waals surface area contributed by atoms with Gasteiger partial charge >= 0.3 is 0 Å². The summed E-state index contributed by atoms with van der Waals surface area (Å²) < 4.78 is 15.8. The average Bonchev–Trinajstić information content (AvgIpc) is 3.18. The molecule has 3 aromatic rings. The lowest BCUT2D eigenvalue weighted by Gasteiger charge is -2.27. The maximum absolute atomic E-state index is 13.4. The van der Waals surface area contributed by atoms with Crippen LogP contribution in [0.15, 0.2) is 54.6 Å². The standard InChI is InChI=1S/C26H25N3O7/c1-15(30)29(27-25(32)17-12-21(34-2)24(36-4)22(13-17)35-3)20-14-23(31)28(26(20)33)19-11-7-9-16-8-5-6-10-18(16)19/h5-13,20H,14H2,1-4H3,(H,27,32)/t20-/m0/s1. The molecule has 0 bridgehead atoms. The van der Waals surface area contributed by atoms with E-state index in [2.05, 4.69) is 5.43 Å². The third kappa shape index (κ3) is 4.28. The van der Waals surface area contributed by atoms with Gasteiger partial charge in [0.05, 0.1) is 33.4 Å². The zero-order valence-corrected chi connectivity index (χ0v) is 20.2. The van der Waals surface area contributed by atoms with Gasteiger partial charge in [0, 0.05) is 17.9 Å². The first-order chi connectivity index (χ1) is 17.3. The second-order valence-electron chi connectivity index (χ2n) is 8.03. The number of ether oxygens (including phenoxy) is 3. The Morgan fingerprint density at radius 2 is 1.58 bits per heavy atom. The molecule has 1 aliphatic heterocycles. The van der Waals surface area contributed by atoms with E-state index in [1.807, 2.05) is 30.3 Å². The van der Waals surface area contributed by atoms with Crippen LogP contribution in [0.2, 0.25) is 0 Å². The molecule has 0 spiro atoms. The van der Waals surface area contributed by atoms with Gasteiger partial charge in [-0.3, -0.25) is 24.6 Å². The molecule has 0 unspecified atom stereocenters. The maximum atomic E-state index is 13.4. The van der Waals surface area contributed by atoms with E-state index in [1.165, 1.54) is 40.4 Å². The summed E-state index contributed by atoms with van der Waals surface area (Å²) in [5.74, 6) is -1.63. The number of hydrogen-bond donors (Lipinski definition) is 1. The van der Waals surface area contributed by atoms with E-state index in [0.29, 0.717) is 11.4 Å². The van der Waals surface area contributed by atoms with Crippen LogP contribution < -0.4 is 24.5 Å². The van der Waals surface area contributed by atoms with Crippen molar-refractivity contribution in [3.05, 3.63) is 60.2 Å². The van der Waals surface area contributed by atoms with Crippen molar-refractivity contribution in [3.63, 3.8) is 0 Å². The minimum Gasteiger partial charge on any atom is -0.493 e. The number of methoxy groups -OCH3 is 3. The number of benzene rings is 3. The van der Waals surface area contributed by atoms with Crippen LogP contribution in [-0.2, 0) is 14.4 Å². The summed E-state index contributed by atoms with van der Waals surface area (Å²) in [6, 6.07) is 14.3. The molecule has 1 atom stereocenters. The number of anilines is 1. The zero-order chi connectivity index (χ0) is 26.0. The highest BCUT2D eigenvalue weighted by molar-refractivity contribution is 6.25. The lowest BCUT2D eigenvalue weighted by Crippen LogP contribution is -2.54. The minimum absolute atomic E-state index is 0.0958. The van der Waals surface area contributed by atoms with Gasteiger partial charge in [-0.2, -0.15) is 0 Å². The molecule has 1 N–H and O–H groups in total. The Balaban J connectivity index is 1.64. The van der Waals surface area contributed by atoms with E-state index < -0.39 is 29.7 Å². The molecule has 0 aliphatic carbocycles. The third-order valence-electron chi connectivity index (χ3n) is 5.93. The van der Waals surface area contributed by atoms with Crippen LogP contribution in [0.5, 0.6) is 17.2 Å². The van der Waals surface area contributed by atoms with Crippen LogP contribution in [0, 0.1) is 0 Å². The Morgan fingerprint density at radius 3 is 2.19 bits per heavy atom. The number of imide groups is 1. The van der Waals surface area contributed by atoms with Gasteiger partial charge in [-0.25, -0.2) is 9.91 Å². The molecule has 0 radical (unpaired) electrons. The first-order valence-electron chi connectivity index (χ1n) is 11.1. The molecule has 3 aromatic carbocycles. The summed E-state index contributed by atoms with van der Waals surface area (Å²) in [7, 11) is 4.25. The van der Waals surface area contributed by atoms with Crippen molar-refractivity contribution in [2.45, 2.75) is 19.4 Å². The summed E-state index contributed by atoms with van der Waals surface area (Å²) in [4.78, 5) is 53.1. The van der Waals surface area contributed by atoms with Crippen molar-refractivity contribution in [2.75, 3.05) is 26.2 Å². The third-order valence-corrected chi connectivity index (χ3v) is 5.93. The SMILES string of the molecule is COc1cc(C(=O)NN(C(C)=O)[C@H]2CC(=O)N(c3cccc4ccccc34)C2=O)cc(OC)c1OC. The molecule has 4 amide bonds. The van der Waals surface area contributed by atoms with Gasteiger partial charge in [0.1, 0.15) is 6.04 Å². The van der Waals surface area contributed by atoms with Crippen LogP contribution in [0.25, 0.3) is 10.8 Å². The van der Waals surface area contributed by atoms with Crippen LogP contribution in [0.4, 0.5) is 5.69 Å². The second kappa shape index (κ2) is 9.95. The topological polar surface area (TPSA) is 114 Å². The average molecular weight is 492 g/mol. The van der Waals surface area contributed by atoms with Gasteiger partial charge in [0.2, 0.25) is 17.6 Å². The number of rotatable bonds is 6. The molecule has 10 nitrogen and oxygen atoms in total. The fourth-order valence-electron chi connectivity index (χ4n) is 4.24. The Morgan fingerprint density at radius 1 is 0.944 bits per heavy atom. The Bertz CT molecular complexity index is 1340. The molecule has 1 fully saturated rings. The van der Waals surface area contributed by atoms with Crippen molar-refractivity contribution in [2.24, 2.45) is 0 Å². The summed E-state index contributed by atoms with van der Waals surface area (Å²) in [5.41, 5.74) is 2.99. The highest BCUT2D eigenvalue weighted by Crippen LogP contribution is 2.38. The second-order valence-corrected chi connectivity index (χ2v) is 8.03. The number of amides is 4. The minimum atomic E-state index is -1.21. The highest BCUT2D eigenvalue weighted by atomic mass is 16.5. The summed E-state index contributed by atoms with van der Waals surface area (Å²) in [5, 5.41) is 2.47. The van der Waals surface area contributed by atoms with Crippen LogP contribution in [0.1, 0.15) is 23.7 Å². The number of nitrogens with zero attached hydrogens (tertiary/aromatic N) is 2. The summed E-state index contributed by atoms with van der Waals surface area (Å²) in [6.45, 7) is 1.20. The number of carbonyl (C=O) groups is 4. The maximum Gasteiger partial charge on any atom is 0.270 e. The monoisotopic (exact) mass is 491 g/mol. The molecule has 10 heteroatoms. The molecule has 1 aliphatic rings. The smallest absolute Gasteiger partial charge is 0.270 e. The van der Waals surface area contributed by atoms with Crippen molar-refractivity contribution in [1.82, 2.24) is 10.4 Å². The number of hydrogen-bond acceptors (Lipinski definition) is 7. The van der Waals surface area contributed by atoms with E-state index in [9.17, 15) is 19.2 Å². The van der Waals surface area contributed by atoms with E-state index in [1.54, 1.807) is 12.1 Å². The van der Waals surface area contributed by atoms with Crippen molar-refractivity contribution in [3.8, 4) is 17.2 Å². The molecule has 1 heterocycles. The number of nitrogens with one attached hydrogen (secondary N) is 1. The molecule has 1 saturated heterocycles. The fraction of sp³-hybridized carbons (Fsp3) is 0.231. The lowest BCUT2D eigenvalue weighted by molar-refractivity contribution is -0.139. The number of carbonyl (C=O) groups excluding carboxylic acids is 4. The van der Waals surface area contributed by atoms with E-state index in [0.717, 1.165) is 20.7 Å². The Hall–Kier alpha value is -4.60. The fourth-order valence-corrected chi connectivity index (χ4v) is 4.24. The zero-order valence-electron chi connectivity index (χ0n) is 20.2. The quantitative estimate of drug-likeness (QED) is 0.417. The van der Waals surface area contributed by atoms with Gasteiger partial charge in [0.15, 0.2) is 11.5 Å². The predicted molar refractivity (Wildman–Crippen MR) is 131 cm³/mol. The van der Waals surface area contributed by atoms with Gasteiger partial charge in [-0.1, -0.05) is 36.4 Å². The van der Waals surface area contributed by atoms with Gasteiger partial charge < -0.3 is 14.2 Å². The first-order valence-corrected chi connectivity index (χ1v) is 11.1. The normalized spacial score (nSPS) is 15.1. The highest BCUT2D eigenvalue weighted by Gasteiger charge is 2.45. The molecule has 4 rings (SSSR count). The number of fused-ring (bicyclic) bond motifs is 1. The molecule has 0 saturated carbocycles. The van der Waals surface area contributed by atoms with E-state index in [-0.39, 0.29) is 23.5 Å². The van der Waals surface area contributed by atoms with Crippen molar-refractivity contribution in [1.29, 1.82) is 0 Å². The summed E-state index contributed by atoms with van der Waals surface area (Å²) in [6.07, 6.45) is -0.281.